The van der Waals surface area contributed by atoms with E-state index in [0.717, 1.165) is 33.6 Å². The van der Waals surface area contributed by atoms with Crippen molar-refractivity contribution in [1.82, 2.24) is 0 Å². The molecule has 4 rings (SSSR count). The molecule has 194 valence electrons. The van der Waals surface area contributed by atoms with Crippen molar-refractivity contribution in [3.63, 3.8) is 0 Å². The van der Waals surface area contributed by atoms with E-state index < -0.39 is 5.60 Å². The van der Waals surface area contributed by atoms with Crippen molar-refractivity contribution in [2.45, 2.75) is 58.3 Å². The zero-order valence-electron chi connectivity index (χ0n) is 22.1. The minimum atomic E-state index is -0.638. The molecular formula is C33H36Cl2O2. The lowest BCUT2D eigenvalue weighted by Crippen LogP contribution is -2.44. The highest BCUT2D eigenvalue weighted by Crippen LogP contribution is 2.44. The molecule has 0 bridgehead atoms. The van der Waals surface area contributed by atoms with E-state index in [9.17, 15) is 0 Å². The number of hydrogen-bond donors (Lipinski definition) is 0. The number of hydrogen-bond acceptors (Lipinski definition) is 2. The molecule has 2 nitrogen and oxygen atoms in total. The van der Waals surface area contributed by atoms with Crippen LogP contribution in [0.3, 0.4) is 0 Å². The number of benzene rings is 3. The first-order valence-corrected chi connectivity index (χ1v) is 13.9. The Kier molecular flexibility index (Phi) is 9.18. The Balaban J connectivity index is 1.78. The van der Waals surface area contributed by atoms with Gasteiger partial charge in [-0.2, -0.15) is 0 Å². The van der Waals surface area contributed by atoms with E-state index in [1.54, 1.807) is 0 Å². The number of ether oxygens (including phenoxy) is 2. The van der Waals surface area contributed by atoms with E-state index in [0.29, 0.717) is 24.8 Å². The van der Waals surface area contributed by atoms with Crippen LogP contribution in [0.2, 0.25) is 0 Å². The summed E-state index contributed by atoms with van der Waals surface area (Å²) < 4.78 is 13.8. The molecule has 4 heteroatoms. The number of rotatable bonds is 10. The largest absolute Gasteiger partial charge is 0.485 e. The quantitative estimate of drug-likeness (QED) is 0.241. The van der Waals surface area contributed by atoms with Crippen molar-refractivity contribution >= 4 is 23.2 Å². The highest BCUT2D eigenvalue weighted by molar-refractivity contribution is 6.18. The SMILES string of the molecule is CC1=CC(CC(Oc2cc(C)cc(C)c2CCl)c2ccccc2)(OCc2ccccc2)C(CCl)C(C)=C1. The number of aryl methyl sites for hydroxylation is 2. The predicted octanol–water partition coefficient (Wildman–Crippen LogP) is 9.27. The second kappa shape index (κ2) is 12.3. The Morgan fingerprint density at radius 3 is 2.22 bits per heavy atom. The van der Waals surface area contributed by atoms with Crippen LogP contribution in [-0.4, -0.2) is 11.5 Å². The third-order valence-corrected chi connectivity index (χ3v) is 7.80. The highest BCUT2D eigenvalue weighted by Gasteiger charge is 2.43. The van der Waals surface area contributed by atoms with Crippen LogP contribution in [0.5, 0.6) is 5.75 Å². The Bertz CT molecular complexity index is 1250. The second-order valence-corrected chi connectivity index (χ2v) is 10.7. The van der Waals surface area contributed by atoms with Crippen molar-refractivity contribution in [2.75, 3.05) is 5.88 Å². The van der Waals surface area contributed by atoms with Crippen molar-refractivity contribution in [3.8, 4) is 5.75 Å². The van der Waals surface area contributed by atoms with Crippen molar-refractivity contribution in [3.05, 3.63) is 124 Å². The number of allylic oxidation sites excluding steroid dienone is 2. The average molecular weight is 536 g/mol. The molecule has 0 amide bonds. The van der Waals surface area contributed by atoms with Crippen LogP contribution in [0.4, 0.5) is 0 Å². The summed E-state index contributed by atoms with van der Waals surface area (Å²) in [5, 5.41) is 0. The Hall–Kier alpha value is -2.52. The van der Waals surface area contributed by atoms with Crippen molar-refractivity contribution in [1.29, 1.82) is 0 Å². The molecule has 3 aromatic carbocycles. The minimum Gasteiger partial charge on any atom is -0.485 e. The zero-order valence-corrected chi connectivity index (χ0v) is 23.7. The van der Waals surface area contributed by atoms with E-state index in [1.165, 1.54) is 11.1 Å². The van der Waals surface area contributed by atoms with Crippen LogP contribution < -0.4 is 4.74 Å². The summed E-state index contributed by atoms with van der Waals surface area (Å²) in [6.45, 7) is 8.94. The van der Waals surface area contributed by atoms with Gasteiger partial charge in [-0.1, -0.05) is 84.0 Å². The van der Waals surface area contributed by atoms with Gasteiger partial charge in [-0.3, -0.25) is 0 Å². The minimum absolute atomic E-state index is 0.0168. The Morgan fingerprint density at radius 2 is 1.57 bits per heavy atom. The molecule has 0 heterocycles. The fourth-order valence-corrected chi connectivity index (χ4v) is 6.24. The molecule has 3 unspecified atom stereocenters. The zero-order chi connectivity index (χ0) is 26.4. The van der Waals surface area contributed by atoms with Crippen LogP contribution in [0, 0.1) is 19.8 Å². The van der Waals surface area contributed by atoms with E-state index in [4.69, 9.17) is 32.7 Å². The predicted molar refractivity (Wildman–Crippen MR) is 156 cm³/mol. The van der Waals surface area contributed by atoms with Crippen LogP contribution in [0.1, 0.15) is 54.2 Å². The molecule has 0 aromatic heterocycles. The normalized spacial score (nSPS) is 20.2. The summed E-state index contributed by atoms with van der Waals surface area (Å²) >= 11 is 13.1. The van der Waals surface area contributed by atoms with E-state index >= 15 is 0 Å². The summed E-state index contributed by atoms with van der Waals surface area (Å²) in [4.78, 5) is 0. The van der Waals surface area contributed by atoms with E-state index in [2.05, 4.69) is 88.4 Å². The molecule has 0 aliphatic heterocycles. The smallest absolute Gasteiger partial charge is 0.127 e. The lowest BCUT2D eigenvalue weighted by atomic mass is 9.74. The van der Waals surface area contributed by atoms with Gasteiger partial charge >= 0.3 is 0 Å². The molecule has 3 atom stereocenters. The number of halogens is 2. The maximum Gasteiger partial charge on any atom is 0.127 e. The Morgan fingerprint density at radius 1 is 0.892 bits per heavy atom. The van der Waals surface area contributed by atoms with Gasteiger partial charge in [0.15, 0.2) is 0 Å². The van der Waals surface area contributed by atoms with Gasteiger partial charge < -0.3 is 9.47 Å². The van der Waals surface area contributed by atoms with Crippen LogP contribution in [0.15, 0.2) is 96.1 Å². The van der Waals surface area contributed by atoms with Gasteiger partial charge in [-0.05, 0) is 62.1 Å². The van der Waals surface area contributed by atoms with E-state index in [1.807, 2.05) is 24.3 Å². The van der Waals surface area contributed by atoms with Crippen LogP contribution in [0.25, 0.3) is 0 Å². The Labute approximate surface area is 231 Å². The van der Waals surface area contributed by atoms with Gasteiger partial charge in [-0.25, -0.2) is 0 Å². The van der Waals surface area contributed by atoms with Crippen LogP contribution >= 0.6 is 23.2 Å². The molecule has 1 aliphatic carbocycles. The molecule has 0 radical (unpaired) electrons. The summed E-state index contributed by atoms with van der Waals surface area (Å²) in [5.74, 6) is 1.69. The molecule has 1 aliphatic rings. The maximum absolute atomic E-state index is 6.89. The molecule has 0 saturated carbocycles. The van der Waals surface area contributed by atoms with Crippen molar-refractivity contribution < 1.29 is 9.47 Å². The molecule has 0 fully saturated rings. The fraction of sp³-hybridized carbons (Fsp3) is 0.333. The average Bonchev–Trinajstić information content (AvgIpc) is 2.88. The van der Waals surface area contributed by atoms with Gasteiger partial charge in [0.25, 0.3) is 0 Å². The van der Waals surface area contributed by atoms with E-state index in [-0.39, 0.29) is 12.0 Å². The van der Waals surface area contributed by atoms with Gasteiger partial charge in [0, 0.05) is 23.8 Å². The first-order valence-electron chi connectivity index (χ1n) is 12.8. The first kappa shape index (κ1) is 27.5. The van der Waals surface area contributed by atoms with Gasteiger partial charge in [0.2, 0.25) is 0 Å². The monoisotopic (exact) mass is 534 g/mol. The lowest BCUT2D eigenvalue weighted by Gasteiger charge is -2.43. The molecule has 0 spiro atoms. The third-order valence-electron chi connectivity index (χ3n) is 7.23. The van der Waals surface area contributed by atoms with Crippen molar-refractivity contribution in [2.24, 2.45) is 5.92 Å². The third kappa shape index (κ3) is 6.49. The summed E-state index contributed by atoms with van der Waals surface area (Å²) in [5.41, 5.74) is 7.29. The summed E-state index contributed by atoms with van der Waals surface area (Å²) in [6.07, 6.45) is 4.81. The summed E-state index contributed by atoms with van der Waals surface area (Å²) in [7, 11) is 0. The topological polar surface area (TPSA) is 18.5 Å². The number of alkyl halides is 2. The van der Waals surface area contributed by atoms with Gasteiger partial charge in [-0.15, -0.1) is 23.2 Å². The molecule has 0 N–H and O–H groups in total. The molecule has 37 heavy (non-hydrogen) atoms. The van der Waals surface area contributed by atoms with Gasteiger partial charge in [0.05, 0.1) is 18.1 Å². The summed E-state index contributed by atoms with van der Waals surface area (Å²) in [6, 6.07) is 24.9. The fourth-order valence-electron chi connectivity index (χ4n) is 5.39. The lowest BCUT2D eigenvalue weighted by molar-refractivity contribution is -0.0728. The molecular weight excluding hydrogens is 499 g/mol. The van der Waals surface area contributed by atoms with Gasteiger partial charge in [0.1, 0.15) is 11.9 Å². The van der Waals surface area contributed by atoms with Crippen LogP contribution in [-0.2, 0) is 17.2 Å². The maximum atomic E-state index is 6.89. The molecule has 3 aromatic rings. The highest BCUT2D eigenvalue weighted by atomic mass is 35.5. The standard InChI is InChI=1S/C33H36Cl2O2/c1-23-15-25(3)29(20-34)31(17-23)37-32(28-13-9-6-10-14-28)19-33(36-22-27-11-7-5-8-12-27)18-24(2)16-26(4)30(33)21-35/h5-18,30,32H,19-22H2,1-4H3. The first-order chi connectivity index (χ1) is 17.8. The second-order valence-electron chi connectivity index (χ2n) is 10.1. The molecule has 0 saturated heterocycles.